The Morgan fingerprint density at radius 2 is 0.686 bits per heavy atom. The van der Waals surface area contributed by atoms with Crippen molar-refractivity contribution in [3.8, 4) is 23.7 Å². The first kappa shape index (κ1) is 66.9. The van der Waals surface area contributed by atoms with Gasteiger partial charge in [-0.2, -0.15) is 25.3 Å². The lowest BCUT2D eigenvalue weighted by atomic mass is 10.1. The van der Waals surface area contributed by atoms with Crippen molar-refractivity contribution in [3.05, 3.63) is 44.6 Å². The second kappa shape index (κ2) is 37.5. The van der Waals surface area contributed by atoms with Gasteiger partial charge in [-0.1, -0.05) is 34.8 Å². The van der Waals surface area contributed by atoms with Crippen LogP contribution in [0.1, 0.15) is 69.2 Å². The number of hydrogen-bond donors (Lipinski definition) is 3. The lowest BCUT2D eigenvalue weighted by molar-refractivity contribution is -0.114. The molecular weight excluding hydrogens is 793 g/mol. The summed E-state index contributed by atoms with van der Waals surface area (Å²) < 4.78 is 70.4. The summed E-state index contributed by atoms with van der Waals surface area (Å²) in [6, 6.07) is 0. The molecule has 0 aliphatic carbocycles. The van der Waals surface area contributed by atoms with Gasteiger partial charge in [-0.3, -0.25) is 22.1 Å². The van der Waals surface area contributed by atoms with E-state index in [0.29, 0.717) is 11.1 Å². The van der Waals surface area contributed by atoms with E-state index in [1.54, 1.807) is 27.7 Å². The number of primary amides is 1. The predicted octanol–water partition coefficient (Wildman–Crippen LogP) is 4.49. The van der Waals surface area contributed by atoms with Crippen molar-refractivity contribution < 1.29 is 47.4 Å². The maximum atomic E-state index is 10.8. The molecule has 0 saturated heterocycles. The molecule has 0 heterocycles. The number of carbonyl (C=O) groups excluding carboxylic acids is 2. The molecule has 0 aromatic rings. The number of allylic oxidation sites excluding steroid dienone is 7. The summed E-state index contributed by atoms with van der Waals surface area (Å²) in [5, 5.41) is 3.53. The van der Waals surface area contributed by atoms with E-state index < -0.39 is 41.5 Å². The molecule has 0 rings (SSSR count). The van der Waals surface area contributed by atoms with Crippen molar-refractivity contribution >= 4 is 77.3 Å². The van der Waals surface area contributed by atoms with E-state index in [2.05, 4.69) is 59.0 Å². The monoisotopic (exact) mass is 849 g/mol. The molecule has 0 fully saturated rings. The van der Waals surface area contributed by atoms with Crippen molar-refractivity contribution in [3.63, 3.8) is 0 Å². The maximum absolute atomic E-state index is 10.8. The molecule has 0 bridgehead atoms. The molecule has 0 spiro atoms. The van der Waals surface area contributed by atoms with Crippen LogP contribution in [0, 0.1) is 23.7 Å². The van der Waals surface area contributed by atoms with E-state index in [0.717, 1.165) is 62.4 Å². The van der Waals surface area contributed by atoms with Crippen LogP contribution >= 0.6 is 35.8 Å². The van der Waals surface area contributed by atoms with Gasteiger partial charge in [-0.05, 0) is 111 Å². The van der Waals surface area contributed by atoms with Crippen molar-refractivity contribution in [2.75, 3.05) is 47.1 Å². The highest BCUT2D eigenvalue weighted by atomic mass is 35.5. The minimum Gasteiger partial charge on any atom is -0.366 e. The SMILES string of the molecule is CC(C)=C(C)C#C/C(C)=C(/C)C(=O)Cl.CC(C)=C(C)C#C/C(C)=C(/C)C(N)=O.CN.COS(C)(=O)=O.COS(C)(=O)=O.COS(C)(=O)=O.Cl.NCl. The number of carbonyl (C=O) groups is 2. The van der Waals surface area contributed by atoms with Gasteiger partial charge in [0, 0.05) is 22.3 Å². The Morgan fingerprint density at radius 1 is 0.510 bits per heavy atom. The topological polar surface area (TPSA) is 242 Å². The minimum atomic E-state index is -3.16. The fourth-order valence-electron chi connectivity index (χ4n) is 1.14. The molecule has 0 aliphatic rings. The fraction of sp³-hybridized carbons (Fsp3) is 0.548. The van der Waals surface area contributed by atoms with Crippen molar-refractivity contribution in [2.45, 2.75) is 69.2 Å². The highest BCUT2D eigenvalue weighted by Gasteiger charge is 2.01. The van der Waals surface area contributed by atoms with Crippen LogP contribution in [-0.4, -0.2) is 83.5 Å². The highest BCUT2D eigenvalue weighted by Crippen LogP contribution is 2.07. The molecule has 14 nitrogen and oxygen atoms in total. The molecule has 20 heteroatoms. The van der Waals surface area contributed by atoms with Gasteiger partial charge in [-0.15, -0.1) is 12.4 Å². The van der Waals surface area contributed by atoms with Crippen molar-refractivity contribution in [1.29, 1.82) is 0 Å². The largest absolute Gasteiger partial charge is 0.366 e. The molecule has 0 atom stereocenters. The van der Waals surface area contributed by atoms with Gasteiger partial charge in [-0.25, -0.2) is 5.25 Å². The normalized spacial score (nSPS) is 10.4. The Hall–Kier alpha value is -2.26. The average Bonchev–Trinajstić information content (AvgIpc) is 3.03. The van der Waals surface area contributed by atoms with Crippen LogP contribution in [0.5, 0.6) is 0 Å². The Balaban J connectivity index is -0.0000000772. The van der Waals surface area contributed by atoms with Crippen LogP contribution in [-0.2, 0) is 52.5 Å². The van der Waals surface area contributed by atoms with Crippen molar-refractivity contribution in [1.82, 2.24) is 0 Å². The average molecular weight is 851 g/mol. The first-order valence-corrected chi connectivity index (χ1v) is 19.9. The van der Waals surface area contributed by atoms with Crippen LogP contribution in [0.25, 0.3) is 0 Å². The molecule has 51 heavy (non-hydrogen) atoms. The van der Waals surface area contributed by atoms with E-state index in [1.807, 2.05) is 41.5 Å². The number of amides is 1. The maximum Gasteiger partial charge on any atom is 0.264 e. The van der Waals surface area contributed by atoms with E-state index in [-0.39, 0.29) is 12.4 Å². The van der Waals surface area contributed by atoms with Gasteiger partial charge in [0.05, 0.1) is 40.1 Å². The summed E-state index contributed by atoms with van der Waals surface area (Å²) in [5.41, 5.74) is 16.5. The lowest BCUT2D eigenvalue weighted by Gasteiger charge is -1.96. The van der Waals surface area contributed by atoms with Crippen LogP contribution in [0.15, 0.2) is 44.6 Å². The Labute approximate surface area is 324 Å². The Morgan fingerprint density at radius 3 is 0.824 bits per heavy atom. The zero-order valence-corrected chi connectivity index (χ0v) is 37.4. The molecule has 0 unspecified atom stereocenters. The first-order valence-electron chi connectivity index (χ1n) is 13.6. The third-order valence-corrected chi connectivity index (χ3v) is 7.17. The third-order valence-electron chi connectivity index (χ3n) is 5.07. The number of hydrogen-bond acceptors (Lipinski definition) is 13. The molecule has 0 aromatic heterocycles. The predicted molar refractivity (Wildman–Crippen MR) is 213 cm³/mol. The fourth-order valence-corrected chi connectivity index (χ4v) is 1.29. The Bertz CT molecular complexity index is 1470. The quantitative estimate of drug-likeness (QED) is 0.114. The first-order chi connectivity index (χ1) is 22.4. The van der Waals surface area contributed by atoms with Crippen LogP contribution in [0.2, 0.25) is 0 Å². The smallest absolute Gasteiger partial charge is 0.264 e. The molecule has 0 radical (unpaired) electrons. The number of rotatable bonds is 5. The zero-order chi connectivity index (χ0) is 42.2. The molecule has 0 saturated carbocycles. The third kappa shape index (κ3) is 60.2. The van der Waals surface area contributed by atoms with E-state index in [9.17, 15) is 34.8 Å². The van der Waals surface area contributed by atoms with Gasteiger partial charge >= 0.3 is 0 Å². The summed E-state index contributed by atoms with van der Waals surface area (Å²) in [6.45, 7) is 18.9. The number of halogens is 3. The summed E-state index contributed by atoms with van der Waals surface area (Å²) >= 11 is 9.46. The minimum absolute atomic E-state index is 0. The summed E-state index contributed by atoms with van der Waals surface area (Å²) in [7, 11) is -4.62. The molecule has 6 N–H and O–H groups in total. The van der Waals surface area contributed by atoms with Crippen molar-refractivity contribution in [2.24, 2.45) is 16.7 Å². The van der Waals surface area contributed by atoms with Crippen LogP contribution in [0.3, 0.4) is 0 Å². The van der Waals surface area contributed by atoms with Gasteiger partial charge in [0.25, 0.3) is 30.4 Å². The van der Waals surface area contributed by atoms with E-state index >= 15 is 0 Å². The van der Waals surface area contributed by atoms with E-state index in [1.165, 1.54) is 18.2 Å². The van der Waals surface area contributed by atoms with Gasteiger partial charge in [0.1, 0.15) is 0 Å². The lowest BCUT2D eigenvalue weighted by Crippen LogP contribution is -2.12. The summed E-state index contributed by atoms with van der Waals surface area (Å²) in [4.78, 5) is 21.6. The van der Waals surface area contributed by atoms with Gasteiger partial charge < -0.3 is 11.5 Å². The van der Waals surface area contributed by atoms with Crippen LogP contribution in [0.4, 0.5) is 0 Å². The number of nitrogens with two attached hydrogens (primary N) is 3. The van der Waals surface area contributed by atoms with Gasteiger partial charge in [0.2, 0.25) is 11.1 Å². The molecular formula is C31H58Cl3N3O11S3. The zero-order valence-electron chi connectivity index (χ0n) is 32.6. The highest BCUT2D eigenvalue weighted by molar-refractivity contribution is 7.86. The van der Waals surface area contributed by atoms with Gasteiger partial charge in [0.15, 0.2) is 0 Å². The second-order valence-electron chi connectivity index (χ2n) is 9.50. The molecule has 1 amide bonds. The Kier molecular flexibility index (Phi) is 49.2. The second-order valence-corrected chi connectivity index (χ2v) is 15.1. The standard InChI is InChI=1S/C12H15ClO.C12H17NO.3C2H6O3S.CH5N.ClH2N.ClH/c2*1-8(2)9(3)6-7-10(4)11(5)12(13)14;3*1-5-6(2,3)4;2*1-2;/h1-5H3;1-5H3,(H2,13,14);3*1-2H3;2H2,1H3;2H2;1H/b2*11-10-;;;;;;. The summed E-state index contributed by atoms with van der Waals surface area (Å²) in [6.07, 6.45) is 2.98. The molecule has 302 valence electrons. The summed E-state index contributed by atoms with van der Waals surface area (Å²) in [5.74, 6) is 11.4. The van der Waals surface area contributed by atoms with E-state index in [4.69, 9.17) is 17.3 Å². The molecule has 0 aliphatic heterocycles. The van der Waals surface area contributed by atoms with Crippen LogP contribution < -0.4 is 16.7 Å². The molecule has 0 aromatic carbocycles.